The zero-order chi connectivity index (χ0) is 15.6. The van der Waals surface area contributed by atoms with Crippen LogP contribution in [0.4, 0.5) is 0 Å². The molecule has 1 heterocycles. The van der Waals surface area contributed by atoms with Crippen LogP contribution in [0.1, 0.15) is 41.0 Å². The standard InChI is InChI=1S/C14H31N3O2S/c1-13(2,3)6-11-20(18,19)17-9-7-16(8-10-17)14(4,5)12-15/h6-12,15H2,1-5H3. The molecule has 0 aromatic carbocycles. The lowest BCUT2D eigenvalue weighted by Gasteiger charge is -2.43. The molecule has 0 unspecified atom stereocenters. The molecule has 20 heavy (non-hydrogen) atoms. The molecular weight excluding hydrogens is 274 g/mol. The Balaban J connectivity index is 2.56. The molecule has 2 N–H and O–H groups in total. The third kappa shape index (κ3) is 4.98. The Bertz CT molecular complexity index is 405. The first-order chi connectivity index (χ1) is 8.98. The molecule has 0 aliphatic carbocycles. The monoisotopic (exact) mass is 305 g/mol. The maximum Gasteiger partial charge on any atom is 0.214 e. The largest absolute Gasteiger partial charge is 0.329 e. The van der Waals surface area contributed by atoms with Crippen molar-refractivity contribution < 1.29 is 8.42 Å². The van der Waals surface area contributed by atoms with Gasteiger partial charge in [-0.3, -0.25) is 4.90 Å². The smallest absolute Gasteiger partial charge is 0.214 e. The molecule has 1 fully saturated rings. The minimum atomic E-state index is -3.12. The zero-order valence-corrected chi connectivity index (χ0v) is 14.5. The Morgan fingerprint density at radius 1 is 1.00 bits per heavy atom. The van der Waals surface area contributed by atoms with Crippen LogP contribution in [0.25, 0.3) is 0 Å². The van der Waals surface area contributed by atoms with Crippen LogP contribution in [0.5, 0.6) is 0 Å². The van der Waals surface area contributed by atoms with Gasteiger partial charge in [-0.05, 0) is 25.7 Å². The summed E-state index contributed by atoms with van der Waals surface area (Å²) in [4.78, 5) is 2.28. The highest BCUT2D eigenvalue weighted by molar-refractivity contribution is 7.89. The Hall–Kier alpha value is -0.170. The van der Waals surface area contributed by atoms with Gasteiger partial charge in [-0.2, -0.15) is 4.31 Å². The predicted molar refractivity (Wildman–Crippen MR) is 84.1 cm³/mol. The fourth-order valence-corrected chi connectivity index (χ4v) is 4.11. The molecule has 0 saturated carbocycles. The first-order valence-corrected chi connectivity index (χ1v) is 9.02. The van der Waals surface area contributed by atoms with Gasteiger partial charge in [0.2, 0.25) is 10.0 Å². The quantitative estimate of drug-likeness (QED) is 0.826. The highest BCUT2D eigenvalue weighted by Gasteiger charge is 2.33. The Kier molecular flexibility index (Phi) is 5.63. The van der Waals surface area contributed by atoms with Gasteiger partial charge in [-0.25, -0.2) is 8.42 Å². The lowest BCUT2D eigenvalue weighted by Crippen LogP contribution is -2.58. The van der Waals surface area contributed by atoms with Crippen LogP contribution < -0.4 is 5.73 Å². The molecule has 1 rings (SSSR count). The molecule has 0 bridgehead atoms. The molecule has 0 aromatic rings. The minimum Gasteiger partial charge on any atom is -0.329 e. The van der Waals surface area contributed by atoms with E-state index >= 15 is 0 Å². The minimum absolute atomic E-state index is 0.0520. The van der Waals surface area contributed by atoms with E-state index in [1.54, 1.807) is 4.31 Å². The van der Waals surface area contributed by atoms with E-state index in [1.165, 1.54) is 0 Å². The molecule has 0 amide bonds. The normalized spacial score (nSPS) is 20.3. The topological polar surface area (TPSA) is 66.6 Å². The summed E-state index contributed by atoms with van der Waals surface area (Å²) < 4.78 is 26.3. The van der Waals surface area contributed by atoms with Crippen LogP contribution in [0.15, 0.2) is 0 Å². The van der Waals surface area contributed by atoms with Gasteiger partial charge >= 0.3 is 0 Å². The maximum absolute atomic E-state index is 12.3. The van der Waals surface area contributed by atoms with Crippen molar-refractivity contribution in [3.05, 3.63) is 0 Å². The van der Waals surface area contributed by atoms with E-state index in [4.69, 9.17) is 5.73 Å². The third-order valence-electron chi connectivity index (χ3n) is 4.10. The van der Waals surface area contributed by atoms with Gasteiger partial charge in [0.1, 0.15) is 0 Å². The molecule has 5 nitrogen and oxygen atoms in total. The molecule has 0 atom stereocenters. The van der Waals surface area contributed by atoms with Crippen LogP contribution in [0, 0.1) is 5.41 Å². The van der Waals surface area contributed by atoms with Crippen molar-refractivity contribution >= 4 is 10.0 Å². The molecule has 0 radical (unpaired) electrons. The summed E-state index contributed by atoms with van der Waals surface area (Å²) in [6, 6.07) is 0. The average Bonchev–Trinajstić information content (AvgIpc) is 2.36. The van der Waals surface area contributed by atoms with Crippen molar-refractivity contribution in [2.24, 2.45) is 11.1 Å². The molecule has 1 saturated heterocycles. The Morgan fingerprint density at radius 3 is 1.90 bits per heavy atom. The summed E-state index contributed by atoms with van der Waals surface area (Å²) >= 11 is 0. The van der Waals surface area contributed by atoms with Crippen molar-refractivity contribution in [2.45, 2.75) is 46.6 Å². The summed E-state index contributed by atoms with van der Waals surface area (Å²) in [5.74, 6) is 0.247. The second-order valence-corrected chi connectivity index (χ2v) is 9.62. The fraction of sp³-hybridized carbons (Fsp3) is 1.00. The maximum atomic E-state index is 12.3. The van der Waals surface area contributed by atoms with Gasteiger partial charge in [0, 0.05) is 38.3 Å². The summed E-state index contributed by atoms with van der Waals surface area (Å²) in [6.45, 7) is 13.7. The first-order valence-electron chi connectivity index (χ1n) is 7.41. The van der Waals surface area contributed by atoms with Gasteiger partial charge in [-0.15, -0.1) is 0 Å². The molecule has 0 spiro atoms. The molecule has 0 aromatic heterocycles. The first kappa shape index (κ1) is 17.9. The van der Waals surface area contributed by atoms with Crippen LogP contribution in [0.3, 0.4) is 0 Å². The summed E-state index contributed by atoms with van der Waals surface area (Å²) in [7, 11) is -3.12. The summed E-state index contributed by atoms with van der Waals surface area (Å²) in [5, 5.41) is 0. The molecule has 1 aliphatic rings. The summed E-state index contributed by atoms with van der Waals surface area (Å²) in [5.41, 5.74) is 5.78. The number of hydrogen-bond donors (Lipinski definition) is 1. The van der Waals surface area contributed by atoms with Gasteiger partial charge < -0.3 is 5.73 Å². The molecule has 120 valence electrons. The van der Waals surface area contributed by atoms with E-state index in [1.807, 2.05) is 0 Å². The number of piperazine rings is 1. The van der Waals surface area contributed by atoms with E-state index in [-0.39, 0.29) is 16.7 Å². The zero-order valence-electron chi connectivity index (χ0n) is 13.6. The van der Waals surface area contributed by atoms with Crippen LogP contribution >= 0.6 is 0 Å². The fourth-order valence-electron chi connectivity index (χ4n) is 2.26. The number of nitrogens with zero attached hydrogens (tertiary/aromatic N) is 2. The van der Waals surface area contributed by atoms with E-state index < -0.39 is 10.0 Å². The van der Waals surface area contributed by atoms with Gasteiger partial charge in [0.05, 0.1) is 5.75 Å². The summed E-state index contributed by atoms with van der Waals surface area (Å²) in [6.07, 6.45) is 0.698. The van der Waals surface area contributed by atoms with Gasteiger partial charge in [-0.1, -0.05) is 20.8 Å². The van der Waals surface area contributed by atoms with Gasteiger partial charge in [0.25, 0.3) is 0 Å². The van der Waals surface area contributed by atoms with Crippen molar-refractivity contribution in [1.82, 2.24) is 9.21 Å². The van der Waals surface area contributed by atoms with Crippen molar-refractivity contribution in [1.29, 1.82) is 0 Å². The van der Waals surface area contributed by atoms with Gasteiger partial charge in [0.15, 0.2) is 0 Å². The average molecular weight is 305 g/mol. The lowest BCUT2D eigenvalue weighted by molar-refractivity contribution is 0.0849. The van der Waals surface area contributed by atoms with Crippen molar-refractivity contribution in [3.8, 4) is 0 Å². The van der Waals surface area contributed by atoms with E-state index in [9.17, 15) is 8.42 Å². The van der Waals surface area contributed by atoms with Crippen LogP contribution in [0.2, 0.25) is 0 Å². The second-order valence-electron chi connectivity index (χ2n) is 7.53. The van der Waals surface area contributed by atoms with Crippen LogP contribution in [-0.4, -0.2) is 61.6 Å². The van der Waals surface area contributed by atoms with Crippen molar-refractivity contribution in [3.63, 3.8) is 0 Å². The Morgan fingerprint density at radius 2 is 1.50 bits per heavy atom. The number of nitrogens with two attached hydrogens (primary N) is 1. The highest BCUT2D eigenvalue weighted by Crippen LogP contribution is 2.22. The predicted octanol–water partition coefficient (Wildman–Crippen LogP) is 1.11. The van der Waals surface area contributed by atoms with Crippen LogP contribution in [-0.2, 0) is 10.0 Å². The lowest BCUT2D eigenvalue weighted by atomic mass is 9.94. The third-order valence-corrected chi connectivity index (χ3v) is 5.97. The SMILES string of the molecule is CC(C)(C)CCS(=O)(=O)N1CCN(C(C)(C)CN)CC1. The Labute approximate surface area is 124 Å². The number of rotatable bonds is 5. The van der Waals surface area contributed by atoms with Crippen molar-refractivity contribution in [2.75, 3.05) is 38.5 Å². The molecule has 1 aliphatic heterocycles. The second kappa shape index (κ2) is 6.30. The highest BCUT2D eigenvalue weighted by atomic mass is 32.2. The molecule has 6 heteroatoms. The molecular formula is C14H31N3O2S. The number of hydrogen-bond acceptors (Lipinski definition) is 4. The van der Waals surface area contributed by atoms with E-state index in [2.05, 4.69) is 39.5 Å². The van der Waals surface area contributed by atoms with E-state index in [0.29, 0.717) is 26.1 Å². The van der Waals surface area contributed by atoms with E-state index in [0.717, 1.165) is 13.1 Å². The number of sulfonamides is 1.